The van der Waals surface area contributed by atoms with E-state index < -0.39 is 5.60 Å². The Morgan fingerprint density at radius 2 is 1.71 bits per heavy atom. The van der Waals surface area contributed by atoms with Gasteiger partial charge < -0.3 is 9.74 Å². The van der Waals surface area contributed by atoms with E-state index in [1.807, 2.05) is 38.1 Å². The van der Waals surface area contributed by atoms with Crippen LogP contribution in [0.2, 0.25) is 10.0 Å². The summed E-state index contributed by atoms with van der Waals surface area (Å²) in [5, 5.41) is 5.36. The van der Waals surface area contributed by atoms with Gasteiger partial charge in [-0.3, -0.25) is 19.3 Å². The van der Waals surface area contributed by atoms with Gasteiger partial charge in [-0.15, -0.1) is 0 Å². The minimum atomic E-state index is -0.718. The second kappa shape index (κ2) is 9.39. The van der Waals surface area contributed by atoms with E-state index in [1.165, 1.54) is 9.80 Å². The second-order valence-corrected chi connectivity index (χ2v) is 9.49. The molecule has 1 saturated heterocycles. The van der Waals surface area contributed by atoms with Crippen molar-refractivity contribution in [1.29, 1.82) is 0 Å². The zero-order valence-corrected chi connectivity index (χ0v) is 20.7. The molecule has 4 rings (SSSR count). The van der Waals surface area contributed by atoms with Crippen molar-refractivity contribution in [3.05, 3.63) is 68.7 Å². The van der Waals surface area contributed by atoms with E-state index in [0.717, 1.165) is 22.4 Å². The highest BCUT2D eigenvalue weighted by Gasteiger charge is 2.38. The molecule has 0 radical (unpaired) electrons. The summed E-state index contributed by atoms with van der Waals surface area (Å²) < 4.78 is 0. The first-order chi connectivity index (χ1) is 16.1. The third-order valence-corrected chi connectivity index (χ3v) is 6.68. The molecule has 1 atom stereocenters. The van der Waals surface area contributed by atoms with Crippen LogP contribution in [0.5, 0.6) is 0 Å². The topological polar surface area (TPSA) is 79.3 Å². The van der Waals surface area contributed by atoms with Gasteiger partial charge in [-0.2, -0.15) is 0 Å². The molecule has 0 aliphatic carbocycles. The number of nitrogens with zero attached hydrogens (tertiary/aromatic N) is 3. The molecule has 2 aliphatic heterocycles. The maximum absolute atomic E-state index is 13.2. The number of carbonyl (C=O) groups excluding carboxylic acids is 3. The number of rotatable bonds is 5. The molecular formula is C25H25Cl2N3O4. The number of hydrogen-bond acceptors (Lipinski definition) is 5. The molecule has 1 fully saturated rings. The first kappa shape index (κ1) is 24.2. The number of aryl methyl sites for hydroxylation is 1. The molecule has 7 nitrogen and oxygen atoms in total. The number of hydrogen-bond donors (Lipinski definition) is 0. The van der Waals surface area contributed by atoms with Crippen LogP contribution in [0.4, 0.5) is 0 Å². The fourth-order valence-electron chi connectivity index (χ4n) is 4.34. The molecule has 3 amide bonds. The van der Waals surface area contributed by atoms with Crippen LogP contribution in [0.25, 0.3) is 0 Å². The Balaban J connectivity index is 1.55. The summed E-state index contributed by atoms with van der Waals surface area (Å²) in [6.45, 7) is 5.71. The van der Waals surface area contributed by atoms with Gasteiger partial charge in [0.1, 0.15) is 13.1 Å². The second-order valence-electron chi connectivity index (χ2n) is 8.61. The number of likely N-dealkylation sites (N-methyl/N-ethyl adjacent to an activating group) is 1. The van der Waals surface area contributed by atoms with Crippen molar-refractivity contribution in [2.75, 3.05) is 19.6 Å². The van der Waals surface area contributed by atoms with Gasteiger partial charge in [0, 0.05) is 34.1 Å². The SMILES string of the molecule is CCc1cc(C2=NOC(C)(c3cc(Cl)cc(Cl)c3)C2)ccc1C(=O)N1CC(=O)N(CC)C(=O)C1. The Hall–Kier alpha value is -2.90. The van der Waals surface area contributed by atoms with Crippen molar-refractivity contribution < 1.29 is 19.2 Å². The Kier molecular flexibility index (Phi) is 6.69. The average molecular weight is 502 g/mol. The van der Waals surface area contributed by atoms with Gasteiger partial charge in [0.25, 0.3) is 5.91 Å². The van der Waals surface area contributed by atoms with Crippen LogP contribution in [0.15, 0.2) is 41.6 Å². The Bertz CT molecular complexity index is 1170. The number of carbonyl (C=O) groups is 3. The largest absolute Gasteiger partial charge is 0.384 e. The number of piperazine rings is 1. The lowest BCUT2D eigenvalue weighted by molar-refractivity contribution is -0.149. The van der Waals surface area contributed by atoms with Crippen molar-refractivity contribution in [3.63, 3.8) is 0 Å². The van der Waals surface area contributed by atoms with Gasteiger partial charge in [-0.25, -0.2) is 0 Å². The van der Waals surface area contributed by atoms with Gasteiger partial charge in [0.2, 0.25) is 11.8 Å². The molecule has 2 aromatic carbocycles. The Morgan fingerprint density at radius 1 is 1.06 bits per heavy atom. The molecule has 0 spiro atoms. The van der Waals surface area contributed by atoms with E-state index in [0.29, 0.717) is 35.0 Å². The Labute approximate surface area is 208 Å². The zero-order valence-electron chi connectivity index (χ0n) is 19.2. The highest BCUT2D eigenvalue weighted by molar-refractivity contribution is 6.34. The molecule has 178 valence electrons. The van der Waals surface area contributed by atoms with Crippen LogP contribution in [0.1, 0.15) is 54.2 Å². The van der Waals surface area contributed by atoms with E-state index in [1.54, 1.807) is 19.1 Å². The van der Waals surface area contributed by atoms with Crippen LogP contribution < -0.4 is 0 Å². The molecule has 0 N–H and O–H groups in total. The van der Waals surface area contributed by atoms with Gasteiger partial charge in [0.15, 0.2) is 5.60 Å². The number of halogens is 2. The number of imide groups is 1. The lowest BCUT2D eigenvalue weighted by Crippen LogP contribution is -2.55. The lowest BCUT2D eigenvalue weighted by atomic mass is 9.88. The van der Waals surface area contributed by atoms with E-state index in [9.17, 15) is 14.4 Å². The number of oxime groups is 1. The summed E-state index contributed by atoms with van der Waals surface area (Å²) in [6, 6.07) is 10.7. The maximum Gasteiger partial charge on any atom is 0.255 e. The minimum absolute atomic E-state index is 0.107. The van der Waals surface area contributed by atoms with Crippen LogP contribution in [0.3, 0.4) is 0 Å². The standard InChI is InChI=1S/C25H25Cl2N3O4/c1-4-15-8-16(21-12-25(3,34-28-21)17-9-18(26)11-19(27)10-17)6-7-20(15)24(33)29-13-22(31)30(5-2)23(32)14-29/h6-11H,4-5,12-14H2,1-3H3. The average Bonchev–Trinajstić information content (AvgIpc) is 3.21. The first-order valence-corrected chi connectivity index (χ1v) is 11.9. The predicted molar refractivity (Wildman–Crippen MR) is 130 cm³/mol. The van der Waals surface area contributed by atoms with Crippen molar-refractivity contribution in [2.45, 2.75) is 39.2 Å². The van der Waals surface area contributed by atoms with Crippen LogP contribution >= 0.6 is 23.2 Å². The van der Waals surface area contributed by atoms with Gasteiger partial charge >= 0.3 is 0 Å². The minimum Gasteiger partial charge on any atom is -0.384 e. The summed E-state index contributed by atoms with van der Waals surface area (Å²) in [4.78, 5) is 46.0. The highest BCUT2D eigenvalue weighted by atomic mass is 35.5. The Morgan fingerprint density at radius 3 is 2.29 bits per heavy atom. The fraction of sp³-hybridized carbons (Fsp3) is 0.360. The smallest absolute Gasteiger partial charge is 0.255 e. The van der Waals surface area contributed by atoms with Crippen molar-refractivity contribution in [2.24, 2.45) is 5.16 Å². The highest BCUT2D eigenvalue weighted by Crippen LogP contribution is 2.38. The summed E-state index contributed by atoms with van der Waals surface area (Å²) in [5.41, 5.74) is 2.97. The van der Waals surface area contributed by atoms with Crippen molar-refractivity contribution >= 4 is 46.6 Å². The molecular weight excluding hydrogens is 477 g/mol. The van der Waals surface area contributed by atoms with Gasteiger partial charge in [0.05, 0.1) is 5.71 Å². The van der Waals surface area contributed by atoms with Crippen LogP contribution in [-0.4, -0.2) is 52.9 Å². The maximum atomic E-state index is 13.2. The molecule has 34 heavy (non-hydrogen) atoms. The first-order valence-electron chi connectivity index (χ1n) is 11.1. The van der Waals surface area contributed by atoms with E-state index in [4.69, 9.17) is 28.0 Å². The molecule has 0 bridgehead atoms. The van der Waals surface area contributed by atoms with E-state index in [2.05, 4.69) is 5.16 Å². The van der Waals surface area contributed by atoms with Gasteiger partial charge in [-0.05, 0) is 61.7 Å². The molecule has 9 heteroatoms. The summed E-state index contributed by atoms with van der Waals surface area (Å²) >= 11 is 12.3. The number of amides is 3. The van der Waals surface area contributed by atoms with E-state index in [-0.39, 0.29) is 30.8 Å². The lowest BCUT2D eigenvalue weighted by Gasteiger charge is -2.32. The third-order valence-electron chi connectivity index (χ3n) is 6.24. The summed E-state index contributed by atoms with van der Waals surface area (Å²) in [7, 11) is 0. The molecule has 2 aromatic rings. The summed E-state index contributed by atoms with van der Waals surface area (Å²) in [6.07, 6.45) is 1.10. The summed E-state index contributed by atoms with van der Waals surface area (Å²) in [5.74, 6) is -1.05. The quantitative estimate of drug-likeness (QED) is 0.567. The molecule has 0 aromatic heterocycles. The monoisotopic (exact) mass is 501 g/mol. The van der Waals surface area contributed by atoms with Gasteiger partial charge in [-0.1, -0.05) is 41.3 Å². The normalized spacial score (nSPS) is 20.4. The molecule has 1 unspecified atom stereocenters. The molecule has 0 saturated carbocycles. The zero-order chi connectivity index (χ0) is 24.6. The van der Waals surface area contributed by atoms with Crippen molar-refractivity contribution in [3.8, 4) is 0 Å². The number of benzene rings is 2. The van der Waals surface area contributed by atoms with Crippen molar-refractivity contribution in [1.82, 2.24) is 9.80 Å². The van der Waals surface area contributed by atoms with Crippen LogP contribution in [-0.2, 0) is 26.4 Å². The predicted octanol–water partition coefficient (Wildman–Crippen LogP) is 4.43. The molecule has 2 aliphatic rings. The third kappa shape index (κ3) is 4.55. The van der Waals surface area contributed by atoms with E-state index >= 15 is 0 Å². The van der Waals surface area contributed by atoms with Crippen LogP contribution in [0, 0.1) is 0 Å². The fourth-order valence-corrected chi connectivity index (χ4v) is 4.87. The molecule has 2 heterocycles.